The van der Waals surface area contributed by atoms with E-state index in [4.69, 9.17) is 9.47 Å². The standard InChI is InChI=1S/C21H23NO5/c1-12(23)27-20-16(22-21(2,3)4)15(17(24)13-8-6-5-7-9-13)18(25)14-10-11-26-19(14)20/h5-9,22,25H,10-11H2,1-4H3. The largest absolute Gasteiger partial charge is 0.507 e. The number of ether oxygens (including phenoxy) is 2. The molecule has 2 N–H and O–H groups in total. The maximum Gasteiger partial charge on any atom is 0.308 e. The van der Waals surface area contributed by atoms with Gasteiger partial charge in [0.25, 0.3) is 0 Å². The molecule has 0 aliphatic carbocycles. The Morgan fingerprint density at radius 3 is 2.44 bits per heavy atom. The van der Waals surface area contributed by atoms with Crippen LogP contribution < -0.4 is 14.8 Å². The number of phenolic OH excluding ortho intramolecular Hbond substituents is 1. The summed E-state index contributed by atoms with van der Waals surface area (Å²) in [6.07, 6.45) is 0.431. The fraction of sp³-hybridized carbons (Fsp3) is 0.333. The van der Waals surface area contributed by atoms with E-state index < -0.39 is 11.5 Å². The van der Waals surface area contributed by atoms with Crippen LogP contribution in [0.3, 0.4) is 0 Å². The molecule has 2 aromatic carbocycles. The van der Waals surface area contributed by atoms with Crippen LogP contribution in [0.2, 0.25) is 0 Å². The number of fused-ring (bicyclic) bond motifs is 1. The van der Waals surface area contributed by atoms with Crippen molar-refractivity contribution < 1.29 is 24.2 Å². The molecular weight excluding hydrogens is 346 g/mol. The second-order valence-electron chi connectivity index (χ2n) is 7.50. The first-order valence-corrected chi connectivity index (χ1v) is 8.80. The van der Waals surface area contributed by atoms with E-state index in [0.717, 1.165) is 0 Å². The molecule has 1 aliphatic rings. The van der Waals surface area contributed by atoms with Gasteiger partial charge in [-0.3, -0.25) is 9.59 Å². The van der Waals surface area contributed by atoms with Crippen molar-refractivity contribution in [3.63, 3.8) is 0 Å². The van der Waals surface area contributed by atoms with Gasteiger partial charge in [0.2, 0.25) is 0 Å². The molecule has 142 valence electrons. The van der Waals surface area contributed by atoms with Gasteiger partial charge in [0, 0.05) is 30.0 Å². The number of hydrogen-bond acceptors (Lipinski definition) is 6. The number of esters is 1. The van der Waals surface area contributed by atoms with E-state index in [0.29, 0.717) is 29.9 Å². The number of benzene rings is 2. The zero-order valence-corrected chi connectivity index (χ0v) is 15.9. The third-order valence-electron chi connectivity index (χ3n) is 4.09. The van der Waals surface area contributed by atoms with Gasteiger partial charge in [-0.25, -0.2) is 0 Å². The van der Waals surface area contributed by atoms with E-state index in [1.807, 2.05) is 26.8 Å². The molecule has 6 heteroatoms. The molecule has 2 aromatic rings. The van der Waals surface area contributed by atoms with Crippen LogP contribution in [-0.2, 0) is 11.2 Å². The van der Waals surface area contributed by atoms with E-state index in [1.54, 1.807) is 24.3 Å². The Morgan fingerprint density at radius 2 is 1.85 bits per heavy atom. The van der Waals surface area contributed by atoms with E-state index in [2.05, 4.69) is 5.32 Å². The first kappa shape index (κ1) is 18.8. The van der Waals surface area contributed by atoms with Crippen molar-refractivity contribution in [2.45, 2.75) is 39.7 Å². The summed E-state index contributed by atoms with van der Waals surface area (Å²) in [6, 6.07) is 8.68. The van der Waals surface area contributed by atoms with Crippen LogP contribution >= 0.6 is 0 Å². The highest BCUT2D eigenvalue weighted by molar-refractivity contribution is 6.16. The molecule has 0 saturated heterocycles. The van der Waals surface area contributed by atoms with Gasteiger partial charge in [0.05, 0.1) is 17.9 Å². The van der Waals surface area contributed by atoms with Gasteiger partial charge in [-0.05, 0) is 20.8 Å². The van der Waals surface area contributed by atoms with Crippen molar-refractivity contribution in [2.75, 3.05) is 11.9 Å². The number of phenols is 1. The van der Waals surface area contributed by atoms with E-state index in [-0.39, 0.29) is 28.5 Å². The minimum Gasteiger partial charge on any atom is -0.507 e. The lowest BCUT2D eigenvalue weighted by molar-refractivity contribution is -0.131. The number of anilines is 1. The van der Waals surface area contributed by atoms with Gasteiger partial charge >= 0.3 is 5.97 Å². The van der Waals surface area contributed by atoms with Gasteiger partial charge in [0.15, 0.2) is 17.3 Å². The van der Waals surface area contributed by atoms with Gasteiger partial charge in [-0.2, -0.15) is 0 Å². The van der Waals surface area contributed by atoms with Crippen molar-refractivity contribution in [3.8, 4) is 17.2 Å². The first-order chi connectivity index (χ1) is 12.7. The molecule has 3 rings (SSSR count). The molecular formula is C21H23NO5. The summed E-state index contributed by atoms with van der Waals surface area (Å²) >= 11 is 0. The summed E-state index contributed by atoms with van der Waals surface area (Å²) in [5.74, 6) is -0.587. The fourth-order valence-electron chi connectivity index (χ4n) is 3.07. The topological polar surface area (TPSA) is 84.9 Å². The molecule has 0 atom stereocenters. The van der Waals surface area contributed by atoms with Crippen molar-refractivity contribution in [1.82, 2.24) is 0 Å². The van der Waals surface area contributed by atoms with Crippen molar-refractivity contribution in [1.29, 1.82) is 0 Å². The molecule has 0 aromatic heterocycles. The predicted molar refractivity (Wildman–Crippen MR) is 102 cm³/mol. The summed E-state index contributed by atoms with van der Waals surface area (Å²) in [5.41, 5.74) is 0.781. The highest BCUT2D eigenvalue weighted by Crippen LogP contribution is 2.51. The summed E-state index contributed by atoms with van der Waals surface area (Å²) < 4.78 is 11.0. The molecule has 0 amide bonds. The molecule has 6 nitrogen and oxygen atoms in total. The zero-order chi connectivity index (χ0) is 19.8. The van der Waals surface area contributed by atoms with Crippen LogP contribution in [0.15, 0.2) is 30.3 Å². The average Bonchev–Trinajstić information content (AvgIpc) is 3.07. The number of rotatable bonds is 4. The molecule has 0 unspecified atom stereocenters. The summed E-state index contributed by atoms with van der Waals surface area (Å²) in [5, 5.41) is 14.1. The molecule has 0 spiro atoms. The molecule has 1 heterocycles. The Balaban J connectivity index is 2.30. The number of nitrogens with one attached hydrogen (secondary N) is 1. The number of aromatic hydroxyl groups is 1. The zero-order valence-electron chi connectivity index (χ0n) is 15.9. The van der Waals surface area contributed by atoms with Crippen LogP contribution in [-0.4, -0.2) is 29.0 Å². The van der Waals surface area contributed by atoms with Crippen molar-refractivity contribution in [2.24, 2.45) is 0 Å². The molecule has 27 heavy (non-hydrogen) atoms. The van der Waals surface area contributed by atoms with Gasteiger partial charge < -0.3 is 19.9 Å². The maximum atomic E-state index is 13.2. The van der Waals surface area contributed by atoms with Gasteiger partial charge in [-0.15, -0.1) is 0 Å². The van der Waals surface area contributed by atoms with Crippen LogP contribution in [0.5, 0.6) is 17.2 Å². The first-order valence-electron chi connectivity index (χ1n) is 8.80. The maximum absolute atomic E-state index is 13.2. The summed E-state index contributed by atoms with van der Waals surface area (Å²) in [6.45, 7) is 7.36. The number of hydrogen-bond donors (Lipinski definition) is 2. The third-order valence-corrected chi connectivity index (χ3v) is 4.09. The molecule has 1 aliphatic heterocycles. The highest BCUT2D eigenvalue weighted by atomic mass is 16.6. The quantitative estimate of drug-likeness (QED) is 0.486. The fourth-order valence-corrected chi connectivity index (χ4v) is 3.07. The lowest BCUT2D eigenvalue weighted by Gasteiger charge is -2.27. The third kappa shape index (κ3) is 3.74. The smallest absolute Gasteiger partial charge is 0.308 e. The minimum absolute atomic E-state index is 0.0802. The van der Waals surface area contributed by atoms with Crippen LogP contribution in [0, 0.1) is 0 Å². The van der Waals surface area contributed by atoms with Crippen molar-refractivity contribution in [3.05, 3.63) is 47.0 Å². The summed E-state index contributed by atoms with van der Waals surface area (Å²) in [4.78, 5) is 24.9. The van der Waals surface area contributed by atoms with E-state index in [9.17, 15) is 14.7 Å². The van der Waals surface area contributed by atoms with Gasteiger partial charge in [-0.1, -0.05) is 30.3 Å². The SMILES string of the molecule is CC(=O)Oc1c(NC(C)(C)C)c(C(=O)c2ccccc2)c(O)c2c1OCC2. The summed E-state index contributed by atoms with van der Waals surface area (Å²) in [7, 11) is 0. The Kier molecular flexibility index (Phi) is 4.83. The van der Waals surface area contributed by atoms with Gasteiger partial charge in [0.1, 0.15) is 5.75 Å². The number of carbonyl (C=O) groups is 2. The molecule has 0 bridgehead atoms. The van der Waals surface area contributed by atoms with Crippen LogP contribution in [0.25, 0.3) is 0 Å². The van der Waals surface area contributed by atoms with Crippen LogP contribution in [0.4, 0.5) is 5.69 Å². The molecule has 0 fully saturated rings. The monoisotopic (exact) mass is 369 g/mol. The predicted octanol–water partition coefficient (Wildman–Crippen LogP) is 3.69. The molecule has 0 radical (unpaired) electrons. The number of ketones is 1. The second kappa shape index (κ2) is 6.95. The Hall–Kier alpha value is -3.02. The lowest BCUT2D eigenvalue weighted by Crippen LogP contribution is -2.28. The Labute approximate surface area is 158 Å². The Bertz CT molecular complexity index is 897. The van der Waals surface area contributed by atoms with Crippen LogP contribution in [0.1, 0.15) is 49.2 Å². The van der Waals surface area contributed by atoms with E-state index in [1.165, 1.54) is 6.92 Å². The minimum atomic E-state index is -0.534. The normalized spacial score (nSPS) is 12.9. The second-order valence-corrected chi connectivity index (χ2v) is 7.50. The van der Waals surface area contributed by atoms with Crippen molar-refractivity contribution >= 4 is 17.4 Å². The van der Waals surface area contributed by atoms with E-state index >= 15 is 0 Å². The lowest BCUT2D eigenvalue weighted by atomic mass is 9.94. The highest BCUT2D eigenvalue weighted by Gasteiger charge is 2.34. The Morgan fingerprint density at radius 1 is 1.19 bits per heavy atom. The number of carbonyl (C=O) groups excluding carboxylic acids is 2. The molecule has 0 saturated carbocycles. The average molecular weight is 369 g/mol.